The maximum Gasteiger partial charge on any atom is 0.416 e. The topological polar surface area (TPSA) is 66.0 Å². The molecular formula is C22H27F3N4O2. The Morgan fingerprint density at radius 3 is 2.45 bits per heavy atom. The Morgan fingerprint density at radius 1 is 1.06 bits per heavy atom. The number of halogens is 3. The van der Waals surface area contributed by atoms with Crippen molar-refractivity contribution in [3.63, 3.8) is 0 Å². The van der Waals surface area contributed by atoms with Gasteiger partial charge >= 0.3 is 6.18 Å². The summed E-state index contributed by atoms with van der Waals surface area (Å²) in [5.41, 5.74) is 0.909. The van der Waals surface area contributed by atoms with Crippen LogP contribution in [0.25, 0.3) is 0 Å². The molecule has 0 saturated heterocycles. The van der Waals surface area contributed by atoms with Gasteiger partial charge in [0, 0.05) is 33.3 Å². The molecule has 0 saturated carbocycles. The normalized spacial score (nSPS) is 11.7. The first kappa shape index (κ1) is 24.0. The van der Waals surface area contributed by atoms with Crippen molar-refractivity contribution in [2.75, 3.05) is 40.8 Å². The van der Waals surface area contributed by atoms with E-state index in [-0.39, 0.29) is 18.3 Å². The van der Waals surface area contributed by atoms with E-state index < -0.39 is 11.7 Å². The number of alkyl halides is 3. The molecule has 0 fully saturated rings. The van der Waals surface area contributed by atoms with Crippen molar-refractivity contribution < 1.29 is 22.7 Å². The fourth-order valence-corrected chi connectivity index (χ4v) is 2.76. The van der Waals surface area contributed by atoms with E-state index in [1.807, 2.05) is 18.2 Å². The van der Waals surface area contributed by atoms with Crippen molar-refractivity contribution in [3.8, 4) is 5.75 Å². The molecule has 1 amide bonds. The van der Waals surface area contributed by atoms with E-state index >= 15 is 0 Å². The summed E-state index contributed by atoms with van der Waals surface area (Å²) < 4.78 is 43.6. The van der Waals surface area contributed by atoms with Crippen LogP contribution in [-0.4, -0.2) is 57.6 Å². The zero-order chi connectivity index (χ0) is 22.9. The van der Waals surface area contributed by atoms with Crippen LogP contribution in [0.1, 0.15) is 21.5 Å². The quantitative estimate of drug-likeness (QED) is 0.379. The highest BCUT2D eigenvalue weighted by molar-refractivity contribution is 5.94. The second-order valence-electron chi connectivity index (χ2n) is 6.95. The van der Waals surface area contributed by atoms with Crippen molar-refractivity contribution in [2.45, 2.75) is 12.6 Å². The summed E-state index contributed by atoms with van der Waals surface area (Å²) in [5, 5.41) is 6.20. The minimum atomic E-state index is -4.40. The SMILES string of the molecule is CN=C(NCCOc1cccc(C(F)(F)F)c1)NCCc1cccc(C(=O)N(C)C)c1. The maximum atomic E-state index is 12.7. The Balaban J connectivity index is 1.75. The van der Waals surface area contributed by atoms with Crippen LogP contribution in [0.3, 0.4) is 0 Å². The van der Waals surface area contributed by atoms with E-state index in [2.05, 4.69) is 15.6 Å². The van der Waals surface area contributed by atoms with Gasteiger partial charge in [-0.2, -0.15) is 13.2 Å². The number of guanidine groups is 1. The maximum absolute atomic E-state index is 12.7. The number of ether oxygens (including phenoxy) is 1. The highest BCUT2D eigenvalue weighted by atomic mass is 19.4. The third kappa shape index (κ3) is 7.84. The van der Waals surface area contributed by atoms with Crippen LogP contribution < -0.4 is 15.4 Å². The van der Waals surface area contributed by atoms with Gasteiger partial charge in [0.15, 0.2) is 5.96 Å². The van der Waals surface area contributed by atoms with E-state index in [1.54, 1.807) is 27.2 Å². The van der Waals surface area contributed by atoms with Gasteiger partial charge in [0.2, 0.25) is 0 Å². The van der Waals surface area contributed by atoms with E-state index in [1.165, 1.54) is 17.0 Å². The summed E-state index contributed by atoms with van der Waals surface area (Å²) >= 11 is 0. The summed E-state index contributed by atoms with van der Waals surface area (Å²) in [4.78, 5) is 17.7. The summed E-state index contributed by atoms with van der Waals surface area (Å²) in [7, 11) is 5.05. The smallest absolute Gasteiger partial charge is 0.416 e. The number of aliphatic imine (C=N–C) groups is 1. The molecule has 2 rings (SSSR count). The van der Waals surface area contributed by atoms with Crippen molar-refractivity contribution in [2.24, 2.45) is 4.99 Å². The molecule has 0 spiro atoms. The fraction of sp³-hybridized carbons (Fsp3) is 0.364. The van der Waals surface area contributed by atoms with Gasteiger partial charge in [-0.1, -0.05) is 18.2 Å². The molecule has 0 unspecified atom stereocenters. The Hall–Kier alpha value is -3.23. The molecule has 2 N–H and O–H groups in total. The monoisotopic (exact) mass is 436 g/mol. The minimum absolute atomic E-state index is 0.0481. The van der Waals surface area contributed by atoms with Crippen LogP contribution in [0.5, 0.6) is 5.75 Å². The molecule has 0 heterocycles. The predicted octanol–water partition coefficient (Wildman–Crippen LogP) is 3.19. The molecule has 0 bridgehead atoms. The third-order valence-corrected chi connectivity index (χ3v) is 4.33. The molecule has 31 heavy (non-hydrogen) atoms. The third-order valence-electron chi connectivity index (χ3n) is 4.33. The number of amides is 1. The number of nitrogens with one attached hydrogen (secondary N) is 2. The molecular weight excluding hydrogens is 409 g/mol. The first-order chi connectivity index (χ1) is 14.7. The Morgan fingerprint density at radius 2 is 1.77 bits per heavy atom. The number of hydrogen-bond donors (Lipinski definition) is 2. The second kappa shape index (κ2) is 11.2. The van der Waals surface area contributed by atoms with Gasteiger partial charge < -0.3 is 20.3 Å². The van der Waals surface area contributed by atoms with Crippen LogP contribution in [0.4, 0.5) is 13.2 Å². The Kier molecular flexibility index (Phi) is 8.72. The summed E-state index contributed by atoms with van der Waals surface area (Å²) in [6.07, 6.45) is -3.71. The minimum Gasteiger partial charge on any atom is -0.492 e. The highest BCUT2D eigenvalue weighted by Crippen LogP contribution is 2.31. The van der Waals surface area contributed by atoms with E-state index in [0.717, 1.165) is 17.7 Å². The van der Waals surface area contributed by atoms with Gasteiger partial charge in [-0.05, 0) is 42.3 Å². The first-order valence-corrected chi connectivity index (χ1v) is 9.76. The van der Waals surface area contributed by atoms with Gasteiger partial charge in [-0.3, -0.25) is 9.79 Å². The number of carbonyl (C=O) groups excluding carboxylic acids is 1. The van der Waals surface area contributed by atoms with Crippen LogP contribution in [-0.2, 0) is 12.6 Å². The number of carbonyl (C=O) groups is 1. The van der Waals surface area contributed by atoms with Gasteiger partial charge in [-0.25, -0.2) is 0 Å². The van der Waals surface area contributed by atoms with E-state index in [0.29, 0.717) is 31.0 Å². The number of rotatable bonds is 8. The van der Waals surface area contributed by atoms with Crippen LogP contribution in [0.2, 0.25) is 0 Å². The summed E-state index contributed by atoms with van der Waals surface area (Å²) in [6.45, 7) is 1.13. The van der Waals surface area contributed by atoms with E-state index in [4.69, 9.17) is 4.74 Å². The number of nitrogens with zero attached hydrogens (tertiary/aromatic N) is 2. The van der Waals surface area contributed by atoms with Crippen LogP contribution >= 0.6 is 0 Å². The summed E-state index contributed by atoms with van der Waals surface area (Å²) in [6, 6.07) is 12.2. The second-order valence-corrected chi connectivity index (χ2v) is 6.95. The Labute approximate surface area is 180 Å². The highest BCUT2D eigenvalue weighted by Gasteiger charge is 2.30. The van der Waals surface area contributed by atoms with Gasteiger partial charge in [-0.15, -0.1) is 0 Å². The lowest BCUT2D eigenvalue weighted by Crippen LogP contribution is -2.40. The molecule has 0 aliphatic carbocycles. The molecule has 0 radical (unpaired) electrons. The molecule has 0 aliphatic heterocycles. The fourth-order valence-electron chi connectivity index (χ4n) is 2.76. The average Bonchev–Trinajstić information content (AvgIpc) is 2.74. The zero-order valence-corrected chi connectivity index (χ0v) is 17.8. The van der Waals surface area contributed by atoms with Crippen LogP contribution in [0, 0.1) is 0 Å². The lowest BCUT2D eigenvalue weighted by Gasteiger charge is -2.14. The lowest BCUT2D eigenvalue weighted by atomic mass is 10.1. The molecule has 2 aromatic rings. The molecule has 2 aromatic carbocycles. The van der Waals surface area contributed by atoms with Crippen molar-refractivity contribution >= 4 is 11.9 Å². The van der Waals surface area contributed by atoms with Gasteiger partial charge in [0.25, 0.3) is 5.91 Å². The largest absolute Gasteiger partial charge is 0.492 e. The number of hydrogen-bond acceptors (Lipinski definition) is 3. The Bertz CT molecular complexity index is 898. The molecule has 0 aliphatic rings. The van der Waals surface area contributed by atoms with Crippen molar-refractivity contribution in [1.29, 1.82) is 0 Å². The number of benzene rings is 2. The lowest BCUT2D eigenvalue weighted by molar-refractivity contribution is -0.137. The van der Waals surface area contributed by atoms with Crippen molar-refractivity contribution in [1.82, 2.24) is 15.5 Å². The molecule has 6 nitrogen and oxygen atoms in total. The first-order valence-electron chi connectivity index (χ1n) is 9.76. The van der Waals surface area contributed by atoms with Gasteiger partial charge in [0.05, 0.1) is 12.1 Å². The zero-order valence-electron chi connectivity index (χ0n) is 17.8. The van der Waals surface area contributed by atoms with Gasteiger partial charge in [0.1, 0.15) is 12.4 Å². The van der Waals surface area contributed by atoms with Crippen LogP contribution in [0.15, 0.2) is 53.5 Å². The molecule has 0 atom stereocenters. The van der Waals surface area contributed by atoms with E-state index in [9.17, 15) is 18.0 Å². The molecule has 9 heteroatoms. The predicted molar refractivity (Wildman–Crippen MR) is 114 cm³/mol. The standard InChI is InChI=1S/C22H27F3N4O2/c1-26-21(27-11-10-16-6-4-7-17(14-16)20(30)29(2)3)28-12-13-31-19-9-5-8-18(15-19)22(23,24)25/h4-9,14-15H,10-13H2,1-3H3,(H2,26,27,28). The molecule has 168 valence electrons. The average molecular weight is 436 g/mol. The molecule has 0 aromatic heterocycles. The summed E-state index contributed by atoms with van der Waals surface area (Å²) in [5.74, 6) is 0.660. The van der Waals surface area contributed by atoms with Crippen molar-refractivity contribution in [3.05, 3.63) is 65.2 Å².